The monoisotopic (exact) mass is 978 g/mol. The van der Waals surface area contributed by atoms with Gasteiger partial charge in [-0.1, -0.05) is 98.7 Å². The van der Waals surface area contributed by atoms with E-state index in [1.165, 1.54) is 36.2 Å². The maximum atomic E-state index is 12.6. The number of phenols is 1. The number of rotatable bonds is 6. The summed E-state index contributed by atoms with van der Waals surface area (Å²) >= 11 is 0.0410. The van der Waals surface area contributed by atoms with Crippen LogP contribution in [0.15, 0.2) is 116 Å². The van der Waals surface area contributed by atoms with Crippen LogP contribution in [0, 0.1) is 12.3 Å². The van der Waals surface area contributed by atoms with Crippen molar-refractivity contribution in [2.45, 2.75) is 139 Å². The minimum absolute atomic E-state index is 0.0410. The van der Waals surface area contributed by atoms with Gasteiger partial charge in [-0.05, 0) is 21.8 Å². The summed E-state index contributed by atoms with van der Waals surface area (Å²) in [5.41, 5.74) is 17.8. The van der Waals surface area contributed by atoms with Gasteiger partial charge in [-0.25, -0.2) is 0 Å². The van der Waals surface area contributed by atoms with E-state index < -0.39 is 0 Å². The van der Waals surface area contributed by atoms with Crippen molar-refractivity contribution < 1.29 is 5.11 Å². The standard InChI is InChI=1S/C63H70N4OSe/c1-37-39(35-59(2,3)4)25-27-46-54-57(69-56(37)46)52(64-36-65-54)41-29-40(30-43(31-41)61(8,9)10)45-23-20-24-51-53(45)66-58(48-33-44(62(11,12)13)34-49(55(48)68)63(14,15)16)67(51)50-28-26-42(60(5,6)7)32-47(50)38-21-18-17-19-22-38/h17-34,36,68H,35H2,1-16H3. The zero-order chi connectivity index (χ0) is 49.7. The number of nitrogens with zero attached hydrogens (tertiary/aromatic N) is 4. The molecule has 9 aromatic rings. The van der Waals surface area contributed by atoms with E-state index in [2.05, 4.69) is 225 Å². The second-order valence-corrected chi connectivity index (χ2v) is 26.9. The van der Waals surface area contributed by atoms with Crippen molar-refractivity contribution in [3.05, 3.63) is 149 Å². The second-order valence-electron chi connectivity index (χ2n) is 24.7. The normalized spacial score (nSPS) is 13.0. The number of aromatic nitrogens is 4. The molecule has 6 aromatic carbocycles. The van der Waals surface area contributed by atoms with E-state index in [0.29, 0.717) is 5.82 Å². The molecule has 0 radical (unpaired) electrons. The molecule has 0 unspecified atom stereocenters. The number of benzene rings is 6. The minimum atomic E-state index is -0.327. The molecule has 354 valence electrons. The number of fused-ring (bicyclic) bond motifs is 4. The molecule has 69 heavy (non-hydrogen) atoms. The Morgan fingerprint density at radius 2 is 1.19 bits per heavy atom. The quantitative estimate of drug-likeness (QED) is 0.169. The van der Waals surface area contributed by atoms with Crippen LogP contribution in [0.4, 0.5) is 0 Å². The molecule has 0 spiro atoms. The Bertz CT molecular complexity index is 3440. The summed E-state index contributed by atoms with van der Waals surface area (Å²) in [4.78, 5) is 15.8. The average Bonchev–Trinajstić information content (AvgIpc) is 3.85. The fourth-order valence-corrected chi connectivity index (χ4v) is 12.5. The van der Waals surface area contributed by atoms with Gasteiger partial charge < -0.3 is 0 Å². The van der Waals surface area contributed by atoms with Gasteiger partial charge in [0.15, 0.2) is 0 Å². The Balaban J connectivity index is 1.36. The Kier molecular flexibility index (Phi) is 11.8. The maximum absolute atomic E-state index is 12.6. The van der Waals surface area contributed by atoms with Crippen molar-refractivity contribution in [3.63, 3.8) is 0 Å². The molecule has 1 N–H and O–H groups in total. The molecule has 9 rings (SSSR count). The molecule has 0 aliphatic rings. The Hall–Kier alpha value is -5.81. The van der Waals surface area contributed by atoms with Gasteiger partial charge in [-0.2, -0.15) is 0 Å². The van der Waals surface area contributed by atoms with Gasteiger partial charge in [0.25, 0.3) is 0 Å². The first-order valence-corrected chi connectivity index (χ1v) is 26.3. The number of aryl methyl sites for hydroxylation is 1. The van der Waals surface area contributed by atoms with Gasteiger partial charge in [0.2, 0.25) is 0 Å². The summed E-state index contributed by atoms with van der Waals surface area (Å²) < 4.78 is 4.98. The summed E-state index contributed by atoms with van der Waals surface area (Å²) in [7, 11) is 0. The Morgan fingerprint density at radius 1 is 0.536 bits per heavy atom. The van der Waals surface area contributed by atoms with Crippen molar-refractivity contribution >= 4 is 45.0 Å². The predicted octanol–water partition coefficient (Wildman–Crippen LogP) is 16.6. The van der Waals surface area contributed by atoms with Crippen LogP contribution in [0.1, 0.15) is 137 Å². The SMILES string of the molecule is Cc1c(CC(C)(C)C)ccc2c1[se]c1c(-c3cc(-c4cccc5c4nc(-c4cc(C(C)(C)C)cc(C(C)(C)C)c4O)n5-c4ccc(C(C)(C)C)cc4-c4ccccc4)cc(C(C)(C)C)c3)ncnc12. The first-order chi connectivity index (χ1) is 32.2. The summed E-state index contributed by atoms with van der Waals surface area (Å²) in [5.74, 6) is 0.967. The molecule has 5 nitrogen and oxygen atoms in total. The van der Waals surface area contributed by atoms with Gasteiger partial charge in [0.1, 0.15) is 0 Å². The molecule has 0 saturated heterocycles. The summed E-state index contributed by atoms with van der Waals surface area (Å²) in [6.45, 7) is 36.2. The second kappa shape index (κ2) is 17.0. The first-order valence-electron chi connectivity index (χ1n) is 24.6. The van der Waals surface area contributed by atoms with E-state index in [4.69, 9.17) is 15.0 Å². The zero-order valence-corrected chi connectivity index (χ0v) is 45.5. The van der Waals surface area contributed by atoms with Crippen LogP contribution in [0.25, 0.3) is 81.0 Å². The summed E-state index contributed by atoms with van der Waals surface area (Å²) in [6.07, 6.45) is 2.79. The van der Waals surface area contributed by atoms with Crippen molar-refractivity contribution in [3.8, 4) is 56.3 Å². The van der Waals surface area contributed by atoms with E-state index in [0.717, 1.165) is 78.9 Å². The number of hydrogen-bond acceptors (Lipinski definition) is 4. The number of hydrogen-bond donors (Lipinski definition) is 1. The molecular weight excluding hydrogens is 908 g/mol. The van der Waals surface area contributed by atoms with E-state index >= 15 is 0 Å². The molecule has 0 aliphatic carbocycles. The predicted molar refractivity (Wildman–Crippen MR) is 295 cm³/mol. The van der Waals surface area contributed by atoms with Gasteiger partial charge in [-0.3, -0.25) is 0 Å². The topological polar surface area (TPSA) is 63.8 Å². The van der Waals surface area contributed by atoms with Crippen molar-refractivity contribution in [1.82, 2.24) is 19.5 Å². The van der Waals surface area contributed by atoms with E-state index in [-0.39, 0.29) is 47.3 Å². The molecule has 0 amide bonds. The average molecular weight is 978 g/mol. The number of phenolic OH excluding ortho intramolecular Hbond substituents is 1. The van der Waals surface area contributed by atoms with E-state index in [9.17, 15) is 5.11 Å². The van der Waals surface area contributed by atoms with Crippen LogP contribution in [0.3, 0.4) is 0 Å². The Labute approximate surface area is 416 Å². The summed E-state index contributed by atoms with van der Waals surface area (Å²) in [6, 6.07) is 40.2. The molecular formula is C63H70N4OSe. The molecule has 0 fully saturated rings. The van der Waals surface area contributed by atoms with Gasteiger partial charge in [0.05, 0.1) is 0 Å². The van der Waals surface area contributed by atoms with Crippen molar-refractivity contribution in [2.24, 2.45) is 5.41 Å². The third-order valence-corrected chi connectivity index (χ3v) is 16.6. The fourth-order valence-electron chi connectivity index (χ4n) is 9.75. The van der Waals surface area contributed by atoms with Crippen molar-refractivity contribution in [2.75, 3.05) is 0 Å². The van der Waals surface area contributed by atoms with Gasteiger partial charge in [0, 0.05) is 0 Å². The molecule has 0 atom stereocenters. The number of imidazole rings is 1. The number of para-hydroxylation sites is 1. The van der Waals surface area contributed by atoms with Crippen LogP contribution < -0.4 is 0 Å². The molecule has 3 heterocycles. The van der Waals surface area contributed by atoms with Crippen LogP contribution in [0.2, 0.25) is 0 Å². The zero-order valence-electron chi connectivity index (χ0n) is 43.8. The van der Waals surface area contributed by atoms with Crippen LogP contribution in [-0.4, -0.2) is 39.1 Å². The van der Waals surface area contributed by atoms with Gasteiger partial charge in [-0.15, -0.1) is 0 Å². The first kappa shape index (κ1) is 48.2. The van der Waals surface area contributed by atoms with Crippen molar-refractivity contribution in [1.29, 1.82) is 0 Å². The summed E-state index contributed by atoms with van der Waals surface area (Å²) in [5, 5.41) is 13.9. The van der Waals surface area contributed by atoms with E-state index in [1.54, 1.807) is 6.33 Å². The third-order valence-electron chi connectivity index (χ3n) is 13.8. The van der Waals surface area contributed by atoms with E-state index in [1.807, 2.05) is 0 Å². The molecule has 0 bridgehead atoms. The van der Waals surface area contributed by atoms with Gasteiger partial charge >= 0.3 is 299 Å². The molecule has 0 saturated carbocycles. The number of aromatic hydroxyl groups is 1. The van der Waals surface area contributed by atoms with Crippen LogP contribution in [-0.2, 0) is 28.1 Å². The third kappa shape index (κ3) is 9.12. The molecule has 6 heteroatoms. The van der Waals surface area contributed by atoms with Crippen LogP contribution >= 0.6 is 0 Å². The molecule has 0 aliphatic heterocycles. The molecule has 3 aromatic heterocycles. The fraction of sp³-hybridized carbons (Fsp3) is 0.349. The van der Waals surface area contributed by atoms with Crippen LogP contribution in [0.5, 0.6) is 5.75 Å². The Morgan fingerprint density at radius 3 is 1.84 bits per heavy atom.